The molecule has 1 N–H and O–H groups in total. The number of ether oxygens (including phenoxy) is 2. The van der Waals surface area contributed by atoms with E-state index in [1.54, 1.807) is 12.1 Å². The molecule has 1 unspecified atom stereocenters. The summed E-state index contributed by atoms with van der Waals surface area (Å²) >= 11 is 0. The Morgan fingerprint density at radius 1 is 1.00 bits per heavy atom. The molecule has 212 valence electrons. The summed E-state index contributed by atoms with van der Waals surface area (Å²) in [6.45, 7) is 3.12. The normalized spacial score (nSPS) is 14.4. The van der Waals surface area contributed by atoms with Gasteiger partial charge in [-0.25, -0.2) is 4.39 Å². The van der Waals surface area contributed by atoms with Crippen molar-refractivity contribution >= 4 is 23.0 Å². The van der Waals surface area contributed by atoms with Crippen molar-refractivity contribution in [2.24, 2.45) is 0 Å². The minimum atomic E-state index is -0.608. The van der Waals surface area contributed by atoms with Gasteiger partial charge in [0.05, 0.1) is 31.3 Å². The molecule has 4 rings (SSSR count). The van der Waals surface area contributed by atoms with Crippen LogP contribution in [0.4, 0.5) is 21.5 Å². The Kier molecular flexibility index (Phi) is 9.05. The summed E-state index contributed by atoms with van der Waals surface area (Å²) in [7, 11) is 6.72. The number of rotatable bonds is 10. The number of piperazine rings is 1. The van der Waals surface area contributed by atoms with E-state index in [1.807, 2.05) is 43.3 Å². The summed E-state index contributed by atoms with van der Waals surface area (Å²) in [4.78, 5) is 30.9. The minimum absolute atomic E-state index is 0.106. The average molecular weight is 552 g/mol. The fourth-order valence-electron chi connectivity index (χ4n) is 4.88. The molecular formula is C29H34FN5O5. The molecule has 0 radical (unpaired) electrons. The number of halogens is 1. The number of nitrogens with one attached hydrogen (secondary N) is 1. The lowest BCUT2D eigenvalue weighted by molar-refractivity contribution is -0.385. The predicted molar refractivity (Wildman–Crippen MR) is 152 cm³/mol. The Morgan fingerprint density at radius 2 is 1.60 bits per heavy atom. The van der Waals surface area contributed by atoms with E-state index in [-0.39, 0.29) is 41.2 Å². The zero-order chi connectivity index (χ0) is 28.8. The summed E-state index contributed by atoms with van der Waals surface area (Å²) < 4.78 is 23.8. The monoisotopic (exact) mass is 551 g/mol. The molecular weight excluding hydrogens is 517 g/mol. The Balaban J connectivity index is 1.55. The largest absolute Gasteiger partial charge is 0.493 e. The second-order valence-electron chi connectivity index (χ2n) is 9.69. The molecule has 40 heavy (non-hydrogen) atoms. The summed E-state index contributed by atoms with van der Waals surface area (Å²) in [6.07, 6.45) is 0. The van der Waals surface area contributed by atoms with Crippen molar-refractivity contribution in [3.63, 3.8) is 0 Å². The molecule has 1 aliphatic rings. The second kappa shape index (κ2) is 12.6. The van der Waals surface area contributed by atoms with E-state index >= 15 is 0 Å². The number of hydrogen-bond acceptors (Lipinski definition) is 8. The van der Waals surface area contributed by atoms with Crippen LogP contribution in [0.1, 0.15) is 22.0 Å². The molecule has 0 saturated carbocycles. The minimum Gasteiger partial charge on any atom is -0.493 e. The van der Waals surface area contributed by atoms with E-state index in [4.69, 9.17) is 9.47 Å². The highest BCUT2D eigenvalue weighted by atomic mass is 19.1. The Morgan fingerprint density at radius 3 is 2.15 bits per heavy atom. The maximum atomic E-state index is 13.4. The van der Waals surface area contributed by atoms with Crippen LogP contribution in [0.2, 0.25) is 0 Å². The number of nitrogens with zero attached hydrogens (tertiary/aromatic N) is 4. The molecule has 1 amide bonds. The van der Waals surface area contributed by atoms with Crippen LogP contribution in [-0.4, -0.2) is 76.8 Å². The molecule has 0 aromatic heterocycles. The fraction of sp³-hybridized carbons (Fsp3) is 0.345. The molecule has 1 atom stereocenters. The maximum Gasteiger partial charge on any atom is 0.286 e. The van der Waals surface area contributed by atoms with Crippen molar-refractivity contribution in [2.45, 2.75) is 6.04 Å². The Hall–Kier alpha value is -4.38. The van der Waals surface area contributed by atoms with E-state index in [1.165, 1.54) is 38.5 Å². The third kappa shape index (κ3) is 6.42. The van der Waals surface area contributed by atoms with Gasteiger partial charge in [-0.1, -0.05) is 12.1 Å². The number of anilines is 2. The van der Waals surface area contributed by atoms with Crippen molar-refractivity contribution in [3.8, 4) is 11.5 Å². The molecule has 0 spiro atoms. The molecule has 1 fully saturated rings. The van der Waals surface area contributed by atoms with Gasteiger partial charge in [0.1, 0.15) is 11.4 Å². The molecule has 1 heterocycles. The zero-order valence-corrected chi connectivity index (χ0v) is 23.1. The molecule has 0 aliphatic carbocycles. The summed E-state index contributed by atoms with van der Waals surface area (Å²) in [5, 5.41) is 14.7. The van der Waals surface area contributed by atoms with Gasteiger partial charge in [0.25, 0.3) is 11.6 Å². The van der Waals surface area contributed by atoms with Crippen LogP contribution in [-0.2, 0) is 0 Å². The molecule has 1 aliphatic heterocycles. The third-order valence-electron chi connectivity index (χ3n) is 7.14. The highest BCUT2D eigenvalue weighted by Crippen LogP contribution is 2.34. The molecule has 0 bridgehead atoms. The first-order chi connectivity index (χ1) is 19.2. The Bertz CT molecular complexity index is 1330. The van der Waals surface area contributed by atoms with Gasteiger partial charge in [0, 0.05) is 64.3 Å². The summed E-state index contributed by atoms with van der Waals surface area (Å²) in [5.74, 6) is -0.448. The molecule has 3 aromatic rings. The lowest BCUT2D eigenvalue weighted by atomic mass is 10.0. The van der Waals surface area contributed by atoms with Gasteiger partial charge in [-0.15, -0.1) is 0 Å². The Labute approximate surface area is 233 Å². The van der Waals surface area contributed by atoms with Crippen LogP contribution in [0.3, 0.4) is 0 Å². The van der Waals surface area contributed by atoms with Crippen LogP contribution in [0.5, 0.6) is 11.5 Å². The van der Waals surface area contributed by atoms with Gasteiger partial charge in [0.2, 0.25) is 0 Å². The average Bonchev–Trinajstić information content (AvgIpc) is 2.97. The summed E-state index contributed by atoms with van der Waals surface area (Å²) in [6, 6.07) is 16.9. The fourth-order valence-corrected chi connectivity index (χ4v) is 4.88. The SMILES string of the molecule is COc1cc(C(=O)NCC(c2ccc(N(C)C)cc2)N2CCN(c3ccc(F)cc3)CC2)c([N+](=O)[O-])cc1OC. The lowest BCUT2D eigenvalue weighted by Gasteiger charge is -2.40. The van der Waals surface area contributed by atoms with Gasteiger partial charge in [0.15, 0.2) is 11.5 Å². The molecule has 1 saturated heterocycles. The number of carbonyl (C=O) groups is 1. The van der Waals surface area contributed by atoms with Crippen LogP contribution >= 0.6 is 0 Å². The van der Waals surface area contributed by atoms with Gasteiger partial charge in [-0.2, -0.15) is 0 Å². The van der Waals surface area contributed by atoms with E-state index in [9.17, 15) is 19.3 Å². The van der Waals surface area contributed by atoms with Crippen LogP contribution < -0.4 is 24.6 Å². The van der Waals surface area contributed by atoms with Crippen LogP contribution in [0.25, 0.3) is 0 Å². The molecule has 3 aromatic carbocycles. The third-order valence-corrected chi connectivity index (χ3v) is 7.14. The van der Waals surface area contributed by atoms with E-state index in [0.717, 1.165) is 30.0 Å². The van der Waals surface area contributed by atoms with Crippen molar-refractivity contribution < 1.29 is 23.6 Å². The standard InChI is InChI=1S/C29H34FN5O5/c1-32(2)22-9-5-20(6-10-22)26(34-15-13-33(14-16-34)23-11-7-21(30)8-12-23)19-31-29(36)24-17-27(39-3)28(40-4)18-25(24)35(37)38/h5-12,17-18,26H,13-16,19H2,1-4H3,(H,31,36). The number of carbonyl (C=O) groups excluding carboxylic acids is 1. The van der Waals surface area contributed by atoms with E-state index < -0.39 is 10.8 Å². The van der Waals surface area contributed by atoms with Crippen LogP contribution in [0.15, 0.2) is 60.7 Å². The van der Waals surface area contributed by atoms with E-state index in [0.29, 0.717) is 13.1 Å². The maximum absolute atomic E-state index is 13.4. The van der Waals surface area contributed by atoms with Gasteiger partial charge in [-0.3, -0.25) is 19.8 Å². The second-order valence-corrected chi connectivity index (χ2v) is 9.69. The quantitative estimate of drug-likeness (QED) is 0.297. The van der Waals surface area contributed by atoms with Crippen molar-refractivity contribution in [2.75, 3.05) is 70.8 Å². The van der Waals surface area contributed by atoms with Gasteiger partial charge in [-0.05, 0) is 42.0 Å². The smallest absolute Gasteiger partial charge is 0.286 e. The number of methoxy groups -OCH3 is 2. The van der Waals surface area contributed by atoms with Crippen molar-refractivity contribution in [1.82, 2.24) is 10.2 Å². The van der Waals surface area contributed by atoms with Crippen molar-refractivity contribution in [1.29, 1.82) is 0 Å². The summed E-state index contributed by atoms with van der Waals surface area (Å²) in [5.41, 5.74) is 2.55. The zero-order valence-electron chi connectivity index (χ0n) is 23.1. The topological polar surface area (TPSA) is 100 Å². The number of hydrogen-bond donors (Lipinski definition) is 1. The first-order valence-electron chi connectivity index (χ1n) is 12.9. The number of amides is 1. The van der Waals surface area contributed by atoms with Crippen LogP contribution in [0, 0.1) is 15.9 Å². The van der Waals surface area contributed by atoms with Gasteiger partial charge >= 0.3 is 0 Å². The molecule has 11 heteroatoms. The predicted octanol–water partition coefficient (Wildman–Crippen LogP) is 4.11. The number of benzene rings is 3. The highest BCUT2D eigenvalue weighted by Gasteiger charge is 2.28. The number of nitro benzene ring substituents is 1. The number of nitro groups is 1. The van der Waals surface area contributed by atoms with Gasteiger partial charge < -0.3 is 24.6 Å². The van der Waals surface area contributed by atoms with E-state index in [2.05, 4.69) is 15.1 Å². The highest BCUT2D eigenvalue weighted by molar-refractivity contribution is 5.99. The molecule has 10 nitrogen and oxygen atoms in total. The first-order valence-corrected chi connectivity index (χ1v) is 12.9. The lowest BCUT2D eigenvalue weighted by Crippen LogP contribution is -2.50. The first kappa shape index (κ1) is 28.6. The van der Waals surface area contributed by atoms with Crippen molar-refractivity contribution in [3.05, 3.63) is 87.7 Å².